The number of ether oxygens (including phenoxy) is 1. The molecule has 7 heteroatoms. The molecule has 30 heavy (non-hydrogen) atoms. The van der Waals surface area contributed by atoms with Gasteiger partial charge in [-0.15, -0.1) is 12.4 Å². The molecule has 0 unspecified atom stereocenters. The van der Waals surface area contributed by atoms with E-state index in [1.165, 1.54) is 5.56 Å². The van der Waals surface area contributed by atoms with E-state index in [9.17, 15) is 4.79 Å². The fourth-order valence-corrected chi connectivity index (χ4v) is 4.38. The fourth-order valence-electron chi connectivity index (χ4n) is 3.32. The van der Waals surface area contributed by atoms with Gasteiger partial charge in [0.25, 0.3) is 5.91 Å². The summed E-state index contributed by atoms with van der Waals surface area (Å²) in [6.07, 6.45) is 0.981. The molecule has 5 nitrogen and oxygen atoms in total. The molecular formula is C23H30ClN3O2S. The van der Waals surface area contributed by atoms with Crippen LogP contribution in [0.2, 0.25) is 0 Å². The number of methoxy groups -OCH3 is 1. The van der Waals surface area contributed by atoms with E-state index in [0.29, 0.717) is 17.9 Å². The molecule has 0 aliphatic rings. The van der Waals surface area contributed by atoms with Crippen LogP contribution in [0, 0.1) is 0 Å². The number of likely N-dealkylation sites (N-methyl/N-ethyl adjacent to an activating group) is 1. The summed E-state index contributed by atoms with van der Waals surface area (Å²) in [5, 5.41) is 0.733. The van der Waals surface area contributed by atoms with E-state index in [2.05, 4.69) is 37.8 Å². The molecule has 0 bridgehead atoms. The maximum absolute atomic E-state index is 13.5. The number of carbonyl (C=O) groups is 1. The molecule has 3 rings (SSSR count). The summed E-state index contributed by atoms with van der Waals surface area (Å²) >= 11 is 1.57. The Morgan fingerprint density at radius 3 is 2.47 bits per heavy atom. The maximum Gasteiger partial charge on any atom is 0.263 e. The topological polar surface area (TPSA) is 45.7 Å². The van der Waals surface area contributed by atoms with Crippen molar-refractivity contribution < 1.29 is 9.53 Å². The molecule has 2 aromatic carbocycles. The summed E-state index contributed by atoms with van der Waals surface area (Å²) in [5.74, 6) is 0.504. The molecule has 0 aliphatic heterocycles. The molecule has 1 heterocycles. The van der Waals surface area contributed by atoms with Gasteiger partial charge in [0.1, 0.15) is 5.75 Å². The van der Waals surface area contributed by atoms with Crippen LogP contribution in [0.25, 0.3) is 10.2 Å². The lowest BCUT2D eigenvalue weighted by atomic mass is 10.1. The van der Waals surface area contributed by atoms with Crippen molar-refractivity contribution in [1.29, 1.82) is 0 Å². The van der Waals surface area contributed by atoms with Gasteiger partial charge in [0.15, 0.2) is 5.13 Å². The number of halogens is 1. The van der Waals surface area contributed by atoms with Crippen molar-refractivity contribution in [2.75, 3.05) is 38.2 Å². The number of amides is 1. The number of rotatable bonds is 9. The molecule has 0 saturated heterocycles. The van der Waals surface area contributed by atoms with Crippen LogP contribution in [0.4, 0.5) is 5.13 Å². The first-order valence-corrected chi connectivity index (χ1v) is 11.0. The Morgan fingerprint density at radius 1 is 1.07 bits per heavy atom. The zero-order chi connectivity index (χ0) is 20.8. The quantitative estimate of drug-likeness (QED) is 0.447. The highest BCUT2D eigenvalue weighted by molar-refractivity contribution is 7.22. The van der Waals surface area contributed by atoms with Gasteiger partial charge in [-0.2, -0.15) is 0 Å². The van der Waals surface area contributed by atoms with Gasteiger partial charge in [0.05, 0.1) is 22.9 Å². The van der Waals surface area contributed by atoms with Gasteiger partial charge in [0, 0.05) is 13.1 Å². The van der Waals surface area contributed by atoms with Crippen molar-refractivity contribution in [3.05, 3.63) is 53.6 Å². The SMILES string of the molecule is CCc1ccc2nc(N(CCN(CC)CC)C(=O)c3ccccc3OC)sc2c1.Cl. The zero-order valence-corrected chi connectivity index (χ0v) is 19.7. The summed E-state index contributed by atoms with van der Waals surface area (Å²) in [5.41, 5.74) is 2.77. The van der Waals surface area contributed by atoms with E-state index >= 15 is 0 Å². The molecule has 0 aliphatic carbocycles. The highest BCUT2D eigenvalue weighted by atomic mass is 35.5. The zero-order valence-electron chi connectivity index (χ0n) is 18.1. The number of nitrogens with zero attached hydrogens (tertiary/aromatic N) is 3. The van der Waals surface area contributed by atoms with Crippen LogP contribution in [0.1, 0.15) is 36.7 Å². The molecule has 0 atom stereocenters. The van der Waals surface area contributed by atoms with Gasteiger partial charge >= 0.3 is 0 Å². The Hall–Kier alpha value is -2.15. The number of hydrogen-bond acceptors (Lipinski definition) is 5. The van der Waals surface area contributed by atoms with Gasteiger partial charge < -0.3 is 9.64 Å². The van der Waals surface area contributed by atoms with Crippen LogP contribution in [0.5, 0.6) is 5.75 Å². The number of fused-ring (bicyclic) bond motifs is 1. The third kappa shape index (κ3) is 5.31. The minimum absolute atomic E-state index is 0. The molecule has 0 saturated carbocycles. The molecule has 1 amide bonds. The van der Waals surface area contributed by atoms with Gasteiger partial charge in [-0.05, 0) is 49.3 Å². The maximum atomic E-state index is 13.5. The predicted molar refractivity (Wildman–Crippen MR) is 129 cm³/mol. The number of para-hydroxylation sites is 1. The van der Waals surface area contributed by atoms with Crippen LogP contribution in [0.15, 0.2) is 42.5 Å². The van der Waals surface area contributed by atoms with Crippen molar-refractivity contribution in [2.45, 2.75) is 27.2 Å². The number of thiazole rings is 1. The number of benzene rings is 2. The second-order valence-electron chi connectivity index (χ2n) is 6.84. The molecule has 162 valence electrons. The number of aryl methyl sites for hydroxylation is 1. The number of hydrogen-bond donors (Lipinski definition) is 0. The van der Waals surface area contributed by atoms with Crippen LogP contribution >= 0.6 is 23.7 Å². The first kappa shape index (κ1) is 24.1. The average Bonchev–Trinajstić information content (AvgIpc) is 3.19. The summed E-state index contributed by atoms with van der Waals surface area (Å²) in [7, 11) is 1.59. The Bertz CT molecular complexity index is 972. The highest BCUT2D eigenvalue weighted by Gasteiger charge is 2.24. The van der Waals surface area contributed by atoms with Crippen molar-refractivity contribution in [3.63, 3.8) is 0 Å². The van der Waals surface area contributed by atoms with Crippen LogP contribution in [-0.4, -0.2) is 49.1 Å². The number of carbonyl (C=O) groups excluding carboxylic acids is 1. The number of aromatic nitrogens is 1. The van der Waals surface area contributed by atoms with E-state index in [-0.39, 0.29) is 18.3 Å². The van der Waals surface area contributed by atoms with Gasteiger partial charge in [-0.25, -0.2) is 4.98 Å². The first-order valence-electron chi connectivity index (χ1n) is 10.2. The summed E-state index contributed by atoms with van der Waals surface area (Å²) in [6, 6.07) is 13.7. The standard InChI is InChI=1S/C23H29N3O2S.ClH/c1-5-17-12-13-19-21(16-17)29-23(24-19)26(15-14-25(6-2)7-3)22(27)18-10-8-9-11-20(18)28-4;/h8-13,16H,5-7,14-15H2,1-4H3;1H. The number of anilines is 1. The lowest BCUT2D eigenvalue weighted by Gasteiger charge is -2.25. The molecule has 1 aromatic heterocycles. The van der Waals surface area contributed by atoms with E-state index in [1.54, 1.807) is 23.3 Å². The summed E-state index contributed by atoms with van der Waals surface area (Å²) < 4.78 is 6.55. The Kier molecular flexibility index (Phi) is 9.08. The largest absolute Gasteiger partial charge is 0.496 e. The highest BCUT2D eigenvalue weighted by Crippen LogP contribution is 2.31. The van der Waals surface area contributed by atoms with Crippen LogP contribution in [-0.2, 0) is 6.42 Å². The second-order valence-corrected chi connectivity index (χ2v) is 7.85. The monoisotopic (exact) mass is 447 g/mol. The average molecular weight is 448 g/mol. The minimum Gasteiger partial charge on any atom is -0.496 e. The lowest BCUT2D eigenvalue weighted by molar-refractivity contribution is 0.0981. The molecule has 0 spiro atoms. The van der Waals surface area contributed by atoms with Gasteiger partial charge in [-0.1, -0.05) is 50.3 Å². The van der Waals surface area contributed by atoms with Crippen molar-refractivity contribution >= 4 is 45.0 Å². The van der Waals surface area contributed by atoms with E-state index < -0.39 is 0 Å². The Labute approximate surface area is 189 Å². The molecule has 0 radical (unpaired) electrons. The summed E-state index contributed by atoms with van der Waals surface area (Å²) in [6.45, 7) is 9.70. The summed E-state index contributed by atoms with van der Waals surface area (Å²) in [4.78, 5) is 22.4. The lowest BCUT2D eigenvalue weighted by Crippen LogP contribution is -2.39. The molecule has 3 aromatic rings. The fraction of sp³-hybridized carbons (Fsp3) is 0.391. The van der Waals surface area contributed by atoms with Crippen molar-refractivity contribution in [2.24, 2.45) is 0 Å². The molecule has 0 fully saturated rings. The van der Waals surface area contributed by atoms with E-state index in [4.69, 9.17) is 9.72 Å². The Morgan fingerprint density at radius 2 is 1.80 bits per heavy atom. The van der Waals surface area contributed by atoms with E-state index in [1.807, 2.05) is 30.3 Å². The second kappa shape index (κ2) is 11.3. The predicted octanol–water partition coefficient (Wildman–Crippen LogP) is 5.28. The Balaban J connectivity index is 0.00000320. The van der Waals surface area contributed by atoms with Gasteiger partial charge in [0.2, 0.25) is 0 Å². The van der Waals surface area contributed by atoms with Crippen LogP contribution in [0.3, 0.4) is 0 Å². The smallest absolute Gasteiger partial charge is 0.263 e. The third-order valence-electron chi connectivity index (χ3n) is 5.20. The van der Waals surface area contributed by atoms with Crippen molar-refractivity contribution in [3.8, 4) is 5.75 Å². The normalized spacial score (nSPS) is 10.8. The minimum atomic E-state index is -0.0793. The third-order valence-corrected chi connectivity index (χ3v) is 6.24. The van der Waals surface area contributed by atoms with Gasteiger partial charge in [-0.3, -0.25) is 9.69 Å². The van der Waals surface area contributed by atoms with Crippen LogP contribution < -0.4 is 9.64 Å². The van der Waals surface area contributed by atoms with E-state index in [0.717, 1.165) is 41.4 Å². The van der Waals surface area contributed by atoms with Crippen molar-refractivity contribution in [1.82, 2.24) is 9.88 Å². The first-order chi connectivity index (χ1) is 14.1. The molecule has 0 N–H and O–H groups in total. The molecular weight excluding hydrogens is 418 g/mol.